The van der Waals surface area contributed by atoms with Gasteiger partial charge >= 0.3 is 11.8 Å². The number of fused-ring (bicyclic) bond motifs is 1. The number of carbonyl (C=O) groups excluding carboxylic acids is 1. The van der Waals surface area contributed by atoms with Gasteiger partial charge in [0.15, 0.2) is 0 Å². The minimum atomic E-state index is -5.33. The molecular formula is C23H20F4N2O5. The molecule has 0 radical (unpaired) electrons. The van der Waals surface area contributed by atoms with Crippen LogP contribution in [0.15, 0.2) is 45.7 Å². The van der Waals surface area contributed by atoms with Gasteiger partial charge in [-0.25, -0.2) is 9.18 Å². The van der Waals surface area contributed by atoms with E-state index in [2.05, 4.69) is 15.0 Å². The molecule has 34 heavy (non-hydrogen) atoms. The maximum absolute atomic E-state index is 14.1. The van der Waals surface area contributed by atoms with Crippen molar-refractivity contribution in [1.29, 1.82) is 0 Å². The number of nitrogens with zero attached hydrogens (tertiary/aromatic N) is 1. The molecule has 1 unspecified atom stereocenters. The van der Waals surface area contributed by atoms with E-state index in [4.69, 9.17) is 4.74 Å². The second-order valence-corrected chi connectivity index (χ2v) is 8.43. The molecule has 0 bridgehead atoms. The van der Waals surface area contributed by atoms with Crippen LogP contribution in [0.2, 0.25) is 0 Å². The Kier molecular flexibility index (Phi) is 5.63. The average molecular weight is 480 g/mol. The summed E-state index contributed by atoms with van der Waals surface area (Å²) in [6, 6.07) is 7.22. The van der Waals surface area contributed by atoms with Gasteiger partial charge in [-0.2, -0.15) is 13.2 Å². The molecule has 7 nitrogen and oxygen atoms in total. The highest BCUT2D eigenvalue weighted by atomic mass is 19.4. The van der Waals surface area contributed by atoms with Crippen molar-refractivity contribution < 1.29 is 36.7 Å². The molecule has 1 aromatic heterocycles. The monoisotopic (exact) mass is 480 g/mol. The summed E-state index contributed by atoms with van der Waals surface area (Å²) in [6.07, 6.45) is -5.94. The van der Waals surface area contributed by atoms with E-state index < -0.39 is 41.0 Å². The van der Waals surface area contributed by atoms with Crippen molar-refractivity contribution in [2.45, 2.75) is 43.4 Å². The van der Waals surface area contributed by atoms with Gasteiger partial charge in [0.1, 0.15) is 11.6 Å². The second-order valence-electron chi connectivity index (χ2n) is 8.43. The lowest BCUT2D eigenvalue weighted by atomic mass is 9.81. The Labute approximate surface area is 190 Å². The zero-order valence-corrected chi connectivity index (χ0v) is 18.1. The van der Waals surface area contributed by atoms with Gasteiger partial charge in [-0.1, -0.05) is 5.16 Å². The second kappa shape index (κ2) is 8.08. The third-order valence-corrected chi connectivity index (χ3v) is 6.18. The minimum absolute atomic E-state index is 0.0798. The third-order valence-electron chi connectivity index (χ3n) is 6.18. The number of hydrogen-bond donors (Lipinski definition) is 2. The number of halogens is 4. The summed E-state index contributed by atoms with van der Waals surface area (Å²) in [5.74, 6) is -2.21. The van der Waals surface area contributed by atoms with Gasteiger partial charge in [-0.3, -0.25) is 4.79 Å². The first-order valence-corrected chi connectivity index (χ1v) is 10.3. The normalized spacial score (nSPS) is 16.7. The number of aryl methyl sites for hydroxylation is 1. The van der Waals surface area contributed by atoms with Crippen LogP contribution in [0.1, 0.15) is 30.5 Å². The quantitative estimate of drug-likeness (QED) is 0.518. The van der Waals surface area contributed by atoms with Gasteiger partial charge in [-0.15, -0.1) is 0 Å². The SMILES string of the molecule is COc1ccc(F)cc1C1(CC(O)(C(=O)Nc2ccc3c(=O)onc(C)c3c2)C(F)(F)F)CC1. The van der Waals surface area contributed by atoms with Crippen LogP contribution in [0, 0.1) is 12.7 Å². The molecule has 1 fully saturated rings. The molecule has 1 amide bonds. The molecule has 1 aliphatic carbocycles. The summed E-state index contributed by atoms with van der Waals surface area (Å²) in [5, 5.41) is 16.8. The molecule has 180 valence electrons. The number of benzene rings is 2. The predicted molar refractivity (Wildman–Crippen MR) is 113 cm³/mol. The average Bonchev–Trinajstić information content (AvgIpc) is 3.56. The first-order chi connectivity index (χ1) is 15.9. The highest BCUT2D eigenvalue weighted by molar-refractivity contribution is 6.00. The largest absolute Gasteiger partial charge is 0.496 e. The van der Waals surface area contributed by atoms with E-state index in [-0.39, 0.29) is 46.3 Å². The molecule has 2 aromatic carbocycles. The van der Waals surface area contributed by atoms with E-state index in [0.717, 1.165) is 12.1 Å². The van der Waals surface area contributed by atoms with Gasteiger partial charge < -0.3 is 19.7 Å². The Hall–Kier alpha value is -3.47. The van der Waals surface area contributed by atoms with Crippen LogP contribution in [-0.2, 0) is 10.2 Å². The smallest absolute Gasteiger partial charge is 0.426 e. The number of aromatic nitrogens is 1. The summed E-state index contributed by atoms with van der Waals surface area (Å²) in [4.78, 5) is 24.6. The summed E-state index contributed by atoms with van der Waals surface area (Å²) in [5.41, 5.74) is -5.46. The molecule has 1 atom stereocenters. The number of alkyl halides is 3. The number of aliphatic hydroxyl groups is 1. The Morgan fingerprint density at radius 1 is 1.21 bits per heavy atom. The predicted octanol–water partition coefficient (Wildman–Crippen LogP) is 4.00. The summed E-state index contributed by atoms with van der Waals surface area (Å²) in [7, 11) is 1.30. The molecule has 0 saturated heterocycles. The number of carbonyl (C=O) groups is 1. The fourth-order valence-corrected chi connectivity index (χ4v) is 4.13. The van der Waals surface area contributed by atoms with Gasteiger partial charge in [0.25, 0.3) is 5.91 Å². The van der Waals surface area contributed by atoms with Crippen LogP contribution in [0.25, 0.3) is 10.8 Å². The molecule has 0 aliphatic heterocycles. The highest BCUT2D eigenvalue weighted by Gasteiger charge is 2.65. The van der Waals surface area contributed by atoms with E-state index in [1.165, 1.54) is 38.3 Å². The Morgan fingerprint density at radius 2 is 1.91 bits per heavy atom. The van der Waals surface area contributed by atoms with Crippen molar-refractivity contribution in [2.24, 2.45) is 0 Å². The first-order valence-electron chi connectivity index (χ1n) is 10.3. The highest BCUT2D eigenvalue weighted by Crippen LogP contribution is 2.58. The van der Waals surface area contributed by atoms with E-state index in [9.17, 15) is 32.3 Å². The van der Waals surface area contributed by atoms with Crippen molar-refractivity contribution in [1.82, 2.24) is 5.16 Å². The van der Waals surface area contributed by atoms with Crippen molar-refractivity contribution in [3.8, 4) is 5.75 Å². The molecule has 1 saturated carbocycles. The number of hydrogen-bond acceptors (Lipinski definition) is 6. The lowest BCUT2D eigenvalue weighted by molar-refractivity contribution is -0.253. The van der Waals surface area contributed by atoms with Crippen LogP contribution >= 0.6 is 0 Å². The number of amides is 1. The first kappa shape index (κ1) is 23.7. The fraction of sp³-hybridized carbons (Fsp3) is 0.348. The number of nitrogens with one attached hydrogen (secondary N) is 1. The minimum Gasteiger partial charge on any atom is -0.496 e. The lowest BCUT2D eigenvalue weighted by Crippen LogP contribution is -2.56. The summed E-state index contributed by atoms with van der Waals surface area (Å²) < 4.78 is 65.9. The number of ether oxygens (including phenoxy) is 1. The number of anilines is 1. The molecule has 0 spiro atoms. The van der Waals surface area contributed by atoms with Crippen LogP contribution in [0.5, 0.6) is 5.75 Å². The van der Waals surface area contributed by atoms with Crippen LogP contribution in [0.4, 0.5) is 23.2 Å². The lowest BCUT2D eigenvalue weighted by Gasteiger charge is -2.33. The standard InChI is InChI=1S/C23H20F4N2O5/c1-12-16-10-14(4-5-15(16)19(30)34-29-12)28-20(31)22(32,23(25,26)27)11-21(7-8-21)17-9-13(24)3-6-18(17)33-2/h3-6,9-10,32H,7-8,11H2,1-2H3,(H,28,31). The van der Waals surface area contributed by atoms with Gasteiger partial charge in [0, 0.05) is 28.5 Å². The van der Waals surface area contributed by atoms with E-state index >= 15 is 0 Å². The molecule has 2 N–H and O–H groups in total. The zero-order valence-electron chi connectivity index (χ0n) is 18.1. The van der Waals surface area contributed by atoms with Crippen LogP contribution < -0.4 is 15.7 Å². The van der Waals surface area contributed by atoms with Gasteiger partial charge in [0.2, 0.25) is 5.60 Å². The Balaban J connectivity index is 1.69. The molecule has 3 aromatic rings. The van der Waals surface area contributed by atoms with Crippen molar-refractivity contribution in [2.75, 3.05) is 12.4 Å². The van der Waals surface area contributed by atoms with Gasteiger partial charge in [-0.05, 0) is 56.2 Å². The molecular weight excluding hydrogens is 460 g/mol. The van der Waals surface area contributed by atoms with Crippen LogP contribution in [-0.4, -0.2) is 35.1 Å². The molecule has 1 aliphatic rings. The van der Waals surface area contributed by atoms with Gasteiger partial charge in [0.05, 0.1) is 18.2 Å². The maximum Gasteiger partial charge on any atom is 0.426 e. The van der Waals surface area contributed by atoms with Crippen molar-refractivity contribution in [3.05, 3.63) is 63.9 Å². The Bertz CT molecular complexity index is 1330. The Morgan fingerprint density at radius 3 is 2.53 bits per heavy atom. The summed E-state index contributed by atoms with van der Waals surface area (Å²) >= 11 is 0. The number of rotatable bonds is 6. The van der Waals surface area contributed by atoms with E-state index in [1.54, 1.807) is 0 Å². The van der Waals surface area contributed by atoms with E-state index in [0.29, 0.717) is 0 Å². The maximum atomic E-state index is 14.1. The van der Waals surface area contributed by atoms with Crippen LogP contribution in [0.3, 0.4) is 0 Å². The number of methoxy groups -OCH3 is 1. The molecule has 11 heteroatoms. The topological polar surface area (TPSA) is 102 Å². The van der Waals surface area contributed by atoms with Crippen molar-refractivity contribution >= 4 is 22.4 Å². The molecule has 4 rings (SSSR count). The fourth-order valence-electron chi connectivity index (χ4n) is 4.13. The van der Waals surface area contributed by atoms with E-state index in [1.807, 2.05) is 0 Å². The molecule has 1 heterocycles. The van der Waals surface area contributed by atoms with Crippen molar-refractivity contribution in [3.63, 3.8) is 0 Å². The zero-order chi connectivity index (χ0) is 24.9. The third kappa shape index (κ3) is 4.00. The summed E-state index contributed by atoms with van der Waals surface area (Å²) in [6.45, 7) is 1.52.